The molecule has 0 unspecified atom stereocenters. The predicted octanol–water partition coefficient (Wildman–Crippen LogP) is 4.38. The van der Waals surface area contributed by atoms with E-state index in [-0.39, 0.29) is 17.0 Å². The van der Waals surface area contributed by atoms with Crippen LogP contribution in [0.4, 0.5) is 5.69 Å². The normalized spacial score (nSPS) is 10.7. The van der Waals surface area contributed by atoms with E-state index in [9.17, 15) is 9.59 Å². The lowest BCUT2D eigenvalue weighted by Gasteiger charge is -2.12. The lowest BCUT2D eigenvalue weighted by atomic mass is 10.1. The van der Waals surface area contributed by atoms with E-state index in [0.717, 1.165) is 33.5 Å². The Labute approximate surface area is 159 Å². The van der Waals surface area contributed by atoms with Crippen molar-refractivity contribution in [1.82, 2.24) is 4.57 Å². The number of rotatable bonds is 4. The van der Waals surface area contributed by atoms with Crippen molar-refractivity contribution < 1.29 is 4.79 Å². The van der Waals surface area contributed by atoms with Crippen LogP contribution in [0.1, 0.15) is 38.2 Å². The maximum absolute atomic E-state index is 12.9. The highest BCUT2D eigenvalue weighted by atomic mass is 16.2. The zero-order chi connectivity index (χ0) is 19.6. The molecule has 1 N–H and O–H groups in total. The van der Waals surface area contributed by atoms with Crippen LogP contribution >= 0.6 is 0 Å². The number of nitrogens with one attached hydrogen (secondary N) is 1. The molecule has 1 amide bonds. The van der Waals surface area contributed by atoms with Gasteiger partial charge in [0, 0.05) is 11.9 Å². The van der Waals surface area contributed by atoms with Gasteiger partial charge in [0.1, 0.15) is 5.56 Å². The molecule has 0 saturated heterocycles. The minimum Gasteiger partial charge on any atom is -0.322 e. The van der Waals surface area contributed by atoms with E-state index in [0.29, 0.717) is 6.54 Å². The summed E-state index contributed by atoms with van der Waals surface area (Å²) in [6.45, 7) is 8.39. The van der Waals surface area contributed by atoms with E-state index in [1.54, 1.807) is 22.9 Å². The fourth-order valence-corrected chi connectivity index (χ4v) is 3.05. The van der Waals surface area contributed by atoms with E-state index in [1.165, 1.54) is 0 Å². The first-order valence-corrected chi connectivity index (χ1v) is 8.99. The van der Waals surface area contributed by atoms with Crippen LogP contribution in [0.15, 0.2) is 59.5 Å². The fourth-order valence-electron chi connectivity index (χ4n) is 3.05. The molecule has 4 nitrogen and oxygen atoms in total. The highest BCUT2D eigenvalue weighted by molar-refractivity contribution is 6.04. The number of hydrogen-bond acceptors (Lipinski definition) is 2. The number of aryl methyl sites for hydroxylation is 4. The topological polar surface area (TPSA) is 51.1 Å². The highest BCUT2D eigenvalue weighted by Crippen LogP contribution is 2.17. The van der Waals surface area contributed by atoms with Crippen molar-refractivity contribution in [3.8, 4) is 0 Å². The molecule has 138 valence electrons. The van der Waals surface area contributed by atoms with Gasteiger partial charge in [0.25, 0.3) is 11.5 Å². The molecule has 2 aromatic carbocycles. The predicted molar refractivity (Wildman–Crippen MR) is 110 cm³/mol. The third kappa shape index (κ3) is 4.17. The van der Waals surface area contributed by atoms with E-state index in [4.69, 9.17) is 0 Å². The van der Waals surface area contributed by atoms with Crippen molar-refractivity contribution in [3.05, 3.63) is 98.5 Å². The van der Waals surface area contributed by atoms with Gasteiger partial charge >= 0.3 is 0 Å². The van der Waals surface area contributed by atoms with Crippen molar-refractivity contribution in [3.63, 3.8) is 0 Å². The van der Waals surface area contributed by atoms with E-state index < -0.39 is 0 Å². The van der Waals surface area contributed by atoms with Gasteiger partial charge in [-0.15, -0.1) is 0 Å². The summed E-state index contributed by atoms with van der Waals surface area (Å²) >= 11 is 0. The van der Waals surface area contributed by atoms with Crippen LogP contribution in [0.5, 0.6) is 0 Å². The minimum atomic E-state index is -0.385. The van der Waals surface area contributed by atoms with Crippen LogP contribution < -0.4 is 10.9 Å². The van der Waals surface area contributed by atoms with Gasteiger partial charge in [-0.05, 0) is 68.1 Å². The molecule has 0 radical (unpaired) electrons. The van der Waals surface area contributed by atoms with Gasteiger partial charge in [-0.25, -0.2) is 0 Å². The average molecular weight is 360 g/mol. The van der Waals surface area contributed by atoms with Gasteiger partial charge in [0.05, 0.1) is 6.54 Å². The molecule has 0 aliphatic heterocycles. The Bertz CT molecular complexity index is 1060. The lowest BCUT2D eigenvalue weighted by molar-refractivity contribution is 0.102. The molecule has 0 fully saturated rings. The van der Waals surface area contributed by atoms with Crippen LogP contribution in [0.25, 0.3) is 0 Å². The number of anilines is 1. The third-order valence-electron chi connectivity index (χ3n) is 4.75. The maximum Gasteiger partial charge on any atom is 0.263 e. The first-order chi connectivity index (χ1) is 12.8. The lowest BCUT2D eigenvalue weighted by Crippen LogP contribution is -2.29. The Balaban J connectivity index is 1.90. The summed E-state index contributed by atoms with van der Waals surface area (Å²) in [7, 11) is 0. The summed E-state index contributed by atoms with van der Waals surface area (Å²) < 4.78 is 1.58. The number of carbonyl (C=O) groups is 1. The second-order valence-corrected chi connectivity index (χ2v) is 7.06. The molecule has 4 heteroatoms. The molecular formula is C23H24N2O2. The molecule has 27 heavy (non-hydrogen) atoms. The van der Waals surface area contributed by atoms with Gasteiger partial charge in [-0.1, -0.05) is 35.9 Å². The Kier molecular flexibility index (Phi) is 5.26. The molecular weight excluding hydrogens is 336 g/mol. The molecule has 0 atom stereocenters. The number of benzene rings is 2. The smallest absolute Gasteiger partial charge is 0.263 e. The summed E-state index contributed by atoms with van der Waals surface area (Å²) in [5.74, 6) is -0.385. The number of pyridine rings is 1. The van der Waals surface area contributed by atoms with Gasteiger partial charge in [-0.2, -0.15) is 0 Å². The van der Waals surface area contributed by atoms with Gasteiger partial charge in [-0.3, -0.25) is 9.59 Å². The standard InChI is InChI=1S/C23H24N2O2/c1-15-7-9-17(3)19(12-15)14-25-11-5-6-20(23(25)27)22(26)24-21-13-16(2)8-10-18(21)4/h5-13H,14H2,1-4H3,(H,24,26). The van der Waals surface area contributed by atoms with Crippen molar-refractivity contribution in [2.24, 2.45) is 0 Å². The van der Waals surface area contributed by atoms with Crippen LogP contribution in [0, 0.1) is 27.7 Å². The molecule has 3 rings (SSSR count). The molecule has 0 saturated carbocycles. The monoisotopic (exact) mass is 360 g/mol. The molecule has 3 aromatic rings. The minimum absolute atomic E-state index is 0.142. The van der Waals surface area contributed by atoms with Crippen LogP contribution in [0.3, 0.4) is 0 Å². The highest BCUT2D eigenvalue weighted by Gasteiger charge is 2.14. The third-order valence-corrected chi connectivity index (χ3v) is 4.75. The van der Waals surface area contributed by atoms with Crippen molar-refractivity contribution in [2.75, 3.05) is 5.32 Å². The van der Waals surface area contributed by atoms with Crippen molar-refractivity contribution >= 4 is 11.6 Å². The molecule has 0 aliphatic carbocycles. The Hall–Kier alpha value is -3.14. The zero-order valence-corrected chi connectivity index (χ0v) is 16.2. The Morgan fingerprint density at radius 2 is 1.59 bits per heavy atom. The summed E-state index contributed by atoms with van der Waals surface area (Å²) in [6, 6.07) is 15.3. The summed E-state index contributed by atoms with van der Waals surface area (Å²) in [6.07, 6.45) is 1.72. The summed E-state index contributed by atoms with van der Waals surface area (Å²) in [4.78, 5) is 25.6. The number of carbonyl (C=O) groups excluding carboxylic acids is 1. The molecule has 0 spiro atoms. The van der Waals surface area contributed by atoms with E-state index >= 15 is 0 Å². The quantitative estimate of drug-likeness (QED) is 0.750. The van der Waals surface area contributed by atoms with Crippen LogP contribution in [0.2, 0.25) is 0 Å². The van der Waals surface area contributed by atoms with Gasteiger partial charge in [0.2, 0.25) is 0 Å². The maximum atomic E-state index is 12.9. The second kappa shape index (κ2) is 7.62. The number of nitrogens with zero attached hydrogens (tertiary/aromatic N) is 1. The average Bonchev–Trinajstić information content (AvgIpc) is 2.63. The summed E-state index contributed by atoms with van der Waals surface area (Å²) in [5, 5.41) is 2.87. The zero-order valence-electron chi connectivity index (χ0n) is 16.2. The Morgan fingerprint density at radius 1 is 0.926 bits per heavy atom. The molecule has 1 aromatic heterocycles. The summed E-state index contributed by atoms with van der Waals surface area (Å²) in [5.41, 5.74) is 5.93. The fraction of sp³-hybridized carbons (Fsp3) is 0.217. The SMILES string of the molecule is Cc1ccc(C)c(Cn2cccc(C(=O)Nc3cc(C)ccc3C)c2=O)c1. The second-order valence-electron chi connectivity index (χ2n) is 7.06. The Morgan fingerprint density at radius 3 is 2.33 bits per heavy atom. The first kappa shape index (κ1) is 18.6. The van der Waals surface area contributed by atoms with Crippen molar-refractivity contribution in [2.45, 2.75) is 34.2 Å². The molecule has 0 bridgehead atoms. The van der Waals surface area contributed by atoms with E-state index in [2.05, 4.69) is 17.4 Å². The van der Waals surface area contributed by atoms with Crippen molar-refractivity contribution in [1.29, 1.82) is 0 Å². The largest absolute Gasteiger partial charge is 0.322 e. The van der Waals surface area contributed by atoms with Crippen LogP contribution in [-0.2, 0) is 6.54 Å². The number of amides is 1. The molecule has 1 heterocycles. The van der Waals surface area contributed by atoms with Crippen LogP contribution in [-0.4, -0.2) is 10.5 Å². The molecule has 0 aliphatic rings. The number of aromatic nitrogens is 1. The number of hydrogen-bond donors (Lipinski definition) is 1. The van der Waals surface area contributed by atoms with Gasteiger partial charge in [0.15, 0.2) is 0 Å². The van der Waals surface area contributed by atoms with Gasteiger partial charge < -0.3 is 9.88 Å². The first-order valence-electron chi connectivity index (χ1n) is 8.99. The van der Waals surface area contributed by atoms with E-state index in [1.807, 2.05) is 52.0 Å².